The predicted octanol–water partition coefficient (Wildman–Crippen LogP) is 2.49. The van der Waals surface area contributed by atoms with E-state index in [1.807, 2.05) is 0 Å². The van der Waals surface area contributed by atoms with Crippen LogP contribution in [0.25, 0.3) is 0 Å². The minimum atomic E-state index is -0.252. The molecule has 0 amide bonds. The second-order valence-corrected chi connectivity index (χ2v) is 6.63. The first kappa shape index (κ1) is 16.9. The molecule has 0 unspecified atom stereocenters. The molecule has 1 saturated heterocycles. The topological polar surface area (TPSA) is 28.5 Å². The summed E-state index contributed by atoms with van der Waals surface area (Å²) in [5, 5.41) is 6.87. The third-order valence-electron chi connectivity index (χ3n) is 4.41. The minimum Gasteiger partial charge on any atom is -0.358 e. The van der Waals surface area contributed by atoms with E-state index in [1.54, 1.807) is 17.0 Å². The molecule has 1 fully saturated rings. The van der Waals surface area contributed by atoms with Crippen LogP contribution in [-0.2, 0) is 13.1 Å². The molecule has 1 heterocycles. The third-order valence-corrected chi connectivity index (χ3v) is 4.66. The van der Waals surface area contributed by atoms with Gasteiger partial charge in [0.05, 0.1) is 13.1 Å². The van der Waals surface area contributed by atoms with Gasteiger partial charge in [0.1, 0.15) is 12.4 Å². The lowest BCUT2D eigenvalue weighted by atomic mass is 10.1. The summed E-state index contributed by atoms with van der Waals surface area (Å²) in [7, 11) is 0. The molecule has 0 aliphatic carbocycles. The van der Waals surface area contributed by atoms with E-state index in [2.05, 4.69) is 34.9 Å². The monoisotopic (exact) mass is 344 g/mol. The van der Waals surface area contributed by atoms with Gasteiger partial charge in [-0.05, 0) is 42.0 Å². The lowest BCUT2D eigenvalue weighted by Gasteiger charge is -2.16. The van der Waals surface area contributed by atoms with Gasteiger partial charge < -0.3 is 15.5 Å². The molecule has 3 rings (SSSR count). The zero-order valence-electron chi connectivity index (χ0n) is 13.6. The van der Waals surface area contributed by atoms with E-state index in [1.165, 1.54) is 49.2 Å². The van der Waals surface area contributed by atoms with Gasteiger partial charge in [-0.25, -0.2) is 4.39 Å². The first-order valence-electron chi connectivity index (χ1n) is 8.41. The van der Waals surface area contributed by atoms with Gasteiger partial charge in [-0.2, -0.15) is 0 Å². The summed E-state index contributed by atoms with van der Waals surface area (Å²) >= 11 is 5.33. The summed E-state index contributed by atoms with van der Waals surface area (Å²) in [5.74, 6) is -0.252. The average Bonchev–Trinajstić information content (AvgIpc) is 3.09. The van der Waals surface area contributed by atoms with Gasteiger partial charge in [-0.3, -0.25) is 0 Å². The van der Waals surface area contributed by atoms with Crippen LogP contribution in [-0.4, -0.2) is 18.2 Å². The zero-order chi connectivity index (χ0) is 16.8. The highest BCUT2D eigenvalue weighted by molar-refractivity contribution is 7.80. The van der Waals surface area contributed by atoms with Crippen LogP contribution in [0, 0.1) is 5.82 Å². The zero-order valence-corrected chi connectivity index (χ0v) is 14.5. The molecule has 2 aromatic rings. The number of likely N-dealkylation sites (tertiary alicyclic amines) is 1. The first-order valence-corrected chi connectivity index (χ1v) is 8.82. The predicted molar refractivity (Wildman–Crippen MR) is 99.5 cm³/mol. The van der Waals surface area contributed by atoms with Crippen molar-refractivity contribution in [3.8, 4) is 0 Å². The fourth-order valence-electron chi connectivity index (χ4n) is 3.11. The Morgan fingerprint density at radius 3 is 2.38 bits per heavy atom. The maximum Gasteiger partial charge on any atom is 0.171 e. The molecule has 0 spiro atoms. The van der Waals surface area contributed by atoms with Crippen LogP contribution >= 0.6 is 12.2 Å². The Labute approximate surface area is 147 Å². The highest BCUT2D eigenvalue weighted by Crippen LogP contribution is 2.10. The Kier molecular flexibility index (Phi) is 5.77. The largest absolute Gasteiger partial charge is 0.358 e. The molecule has 2 aromatic carbocycles. The Morgan fingerprint density at radius 1 is 1.00 bits per heavy atom. The summed E-state index contributed by atoms with van der Waals surface area (Å²) in [6.45, 7) is 4.31. The van der Waals surface area contributed by atoms with Crippen LogP contribution in [0.1, 0.15) is 24.0 Å². The van der Waals surface area contributed by atoms with Crippen molar-refractivity contribution >= 4 is 23.0 Å². The minimum absolute atomic E-state index is 0.252. The van der Waals surface area contributed by atoms with Gasteiger partial charge in [0.25, 0.3) is 0 Å². The summed E-state index contributed by atoms with van der Waals surface area (Å²) < 4.78 is 12.9. The molecule has 0 saturated carbocycles. The maximum atomic E-state index is 12.9. The van der Waals surface area contributed by atoms with Crippen molar-refractivity contribution in [3.63, 3.8) is 0 Å². The number of hydrogen-bond acceptors (Lipinski definition) is 1. The Hall–Kier alpha value is -1.98. The molecule has 1 aliphatic rings. The van der Waals surface area contributed by atoms with E-state index in [4.69, 9.17) is 12.2 Å². The molecule has 3 nitrogen and oxygen atoms in total. The van der Waals surface area contributed by atoms with Gasteiger partial charge in [0.2, 0.25) is 0 Å². The molecule has 0 aromatic heterocycles. The van der Waals surface area contributed by atoms with Gasteiger partial charge in [0, 0.05) is 30.6 Å². The fraction of sp³-hybridized carbons (Fsp3) is 0.316. The van der Waals surface area contributed by atoms with Gasteiger partial charge in [-0.15, -0.1) is 0 Å². The first-order chi connectivity index (χ1) is 11.7. The second-order valence-electron chi connectivity index (χ2n) is 6.22. The Bertz CT molecular complexity index is 681. The molecule has 126 valence electrons. The number of thiocarbonyl (C=S) groups is 1. The van der Waals surface area contributed by atoms with Crippen molar-refractivity contribution in [2.75, 3.05) is 18.4 Å². The molecule has 3 N–H and O–H groups in total. The number of hydrogen-bond donors (Lipinski definition) is 3. The van der Waals surface area contributed by atoms with Gasteiger partial charge >= 0.3 is 0 Å². The van der Waals surface area contributed by atoms with E-state index in [9.17, 15) is 4.39 Å². The number of anilines is 1. The summed E-state index contributed by atoms with van der Waals surface area (Å²) in [6, 6.07) is 14.7. The molecular weight excluding hydrogens is 321 g/mol. The highest BCUT2D eigenvalue weighted by Gasteiger charge is 2.17. The van der Waals surface area contributed by atoms with E-state index in [-0.39, 0.29) is 5.82 Å². The molecular formula is C19H23FN3S+. The summed E-state index contributed by atoms with van der Waals surface area (Å²) in [6.07, 6.45) is 2.67. The van der Waals surface area contributed by atoms with Crippen LogP contribution in [0.2, 0.25) is 0 Å². The van der Waals surface area contributed by atoms with Crippen LogP contribution < -0.4 is 15.5 Å². The molecule has 0 bridgehead atoms. The van der Waals surface area contributed by atoms with Crippen molar-refractivity contribution in [3.05, 3.63) is 65.5 Å². The van der Waals surface area contributed by atoms with E-state index >= 15 is 0 Å². The molecule has 5 heteroatoms. The van der Waals surface area contributed by atoms with E-state index in [0.717, 1.165) is 12.2 Å². The number of nitrogens with one attached hydrogen (secondary N) is 3. The van der Waals surface area contributed by atoms with Crippen LogP contribution in [0.4, 0.5) is 10.1 Å². The highest BCUT2D eigenvalue weighted by atomic mass is 32.1. The third kappa shape index (κ3) is 4.76. The SMILES string of the molecule is Fc1ccc(NC(=S)NCc2ccccc2C[NH+]2CCCC2)cc1. The second kappa shape index (κ2) is 8.22. The van der Waals surface area contributed by atoms with Crippen LogP contribution in [0.15, 0.2) is 48.5 Å². The fourth-order valence-corrected chi connectivity index (χ4v) is 3.30. The smallest absolute Gasteiger partial charge is 0.171 e. The molecule has 1 aliphatic heterocycles. The van der Waals surface area contributed by atoms with Crippen LogP contribution in [0.3, 0.4) is 0 Å². The summed E-state index contributed by atoms with van der Waals surface area (Å²) in [5.41, 5.74) is 3.44. The maximum absolute atomic E-state index is 12.9. The van der Waals surface area contributed by atoms with E-state index in [0.29, 0.717) is 11.7 Å². The van der Waals surface area contributed by atoms with Crippen molar-refractivity contribution in [2.24, 2.45) is 0 Å². The van der Waals surface area contributed by atoms with Gasteiger partial charge in [-0.1, -0.05) is 24.3 Å². The van der Waals surface area contributed by atoms with Gasteiger partial charge in [0.15, 0.2) is 5.11 Å². The van der Waals surface area contributed by atoms with E-state index < -0.39 is 0 Å². The van der Waals surface area contributed by atoms with Crippen molar-refractivity contribution < 1.29 is 9.29 Å². The Morgan fingerprint density at radius 2 is 1.67 bits per heavy atom. The number of benzene rings is 2. The average molecular weight is 344 g/mol. The Balaban J connectivity index is 1.55. The number of quaternary nitrogens is 1. The standard InChI is InChI=1S/C19H22FN3S/c20-17-7-9-18(10-8-17)22-19(24)21-13-15-5-1-2-6-16(15)14-23-11-3-4-12-23/h1-2,5-10H,3-4,11-14H2,(H2,21,22,24)/p+1. The molecule has 24 heavy (non-hydrogen) atoms. The number of halogens is 1. The lowest BCUT2D eigenvalue weighted by Crippen LogP contribution is -3.08. The lowest BCUT2D eigenvalue weighted by molar-refractivity contribution is -0.901. The van der Waals surface area contributed by atoms with Crippen molar-refractivity contribution in [1.29, 1.82) is 0 Å². The van der Waals surface area contributed by atoms with Crippen molar-refractivity contribution in [1.82, 2.24) is 5.32 Å². The summed E-state index contributed by atoms with van der Waals surface area (Å²) in [4.78, 5) is 1.66. The van der Waals surface area contributed by atoms with Crippen LogP contribution in [0.5, 0.6) is 0 Å². The molecule has 0 atom stereocenters. The normalized spacial score (nSPS) is 14.5. The number of rotatable bonds is 5. The molecule has 0 radical (unpaired) electrons. The quantitative estimate of drug-likeness (QED) is 0.728. The van der Waals surface area contributed by atoms with Crippen molar-refractivity contribution in [2.45, 2.75) is 25.9 Å².